The molecule has 1 aliphatic heterocycles. The molecule has 1 fully saturated rings. The molecule has 0 spiro atoms. The van der Waals surface area contributed by atoms with E-state index in [1.165, 1.54) is 19.2 Å². The first-order valence-electron chi connectivity index (χ1n) is 10.4. The first kappa shape index (κ1) is 22.6. The van der Waals surface area contributed by atoms with Gasteiger partial charge in [0, 0.05) is 69.0 Å². The molecule has 1 amide bonds. The van der Waals surface area contributed by atoms with Crippen molar-refractivity contribution in [3.63, 3.8) is 0 Å². The van der Waals surface area contributed by atoms with Gasteiger partial charge in [-0.15, -0.1) is 0 Å². The van der Waals surface area contributed by atoms with E-state index in [0.29, 0.717) is 32.6 Å². The minimum absolute atomic E-state index is 0.00464. The van der Waals surface area contributed by atoms with Gasteiger partial charge < -0.3 is 14.5 Å². The number of non-ortho nitro benzene ring substituents is 1. The van der Waals surface area contributed by atoms with Gasteiger partial charge in [-0.05, 0) is 12.5 Å². The third kappa shape index (κ3) is 5.35. The van der Waals surface area contributed by atoms with Crippen LogP contribution in [0.2, 0.25) is 0 Å². The summed E-state index contributed by atoms with van der Waals surface area (Å²) in [6, 6.07) is 6.60. The summed E-state index contributed by atoms with van der Waals surface area (Å²) < 4.78 is 4.97. The molecule has 0 radical (unpaired) electrons. The summed E-state index contributed by atoms with van der Waals surface area (Å²) in [5.74, 6) is 1.86. The molecule has 31 heavy (non-hydrogen) atoms. The van der Waals surface area contributed by atoms with Crippen LogP contribution in [-0.4, -0.2) is 65.6 Å². The normalized spacial score (nSPS) is 14.2. The third-order valence-corrected chi connectivity index (χ3v) is 5.45. The van der Waals surface area contributed by atoms with Gasteiger partial charge in [0.15, 0.2) is 0 Å². The monoisotopic (exact) mass is 427 g/mol. The summed E-state index contributed by atoms with van der Waals surface area (Å²) in [5, 5.41) is 10.9. The number of carbonyl (C=O) groups is 1. The number of methoxy groups -OCH3 is 1. The molecule has 1 aromatic heterocycles. The molecule has 9 heteroatoms. The maximum Gasteiger partial charge on any atom is 0.269 e. The highest BCUT2D eigenvalue weighted by atomic mass is 16.6. The molecular formula is C22H29N5O4. The van der Waals surface area contributed by atoms with Gasteiger partial charge in [-0.2, -0.15) is 0 Å². The molecule has 0 unspecified atom stereocenters. The number of anilines is 1. The van der Waals surface area contributed by atoms with Crippen LogP contribution in [0, 0.1) is 17.0 Å². The van der Waals surface area contributed by atoms with E-state index >= 15 is 0 Å². The van der Waals surface area contributed by atoms with Crippen molar-refractivity contribution >= 4 is 17.4 Å². The zero-order chi connectivity index (χ0) is 22.5. The molecular weight excluding hydrogens is 398 g/mol. The van der Waals surface area contributed by atoms with Crippen LogP contribution in [0.25, 0.3) is 0 Å². The summed E-state index contributed by atoms with van der Waals surface area (Å²) in [6.45, 7) is 8.78. The molecule has 166 valence electrons. The van der Waals surface area contributed by atoms with Crippen molar-refractivity contribution in [3.05, 3.63) is 57.0 Å². The Balaban J connectivity index is 1.87. The predicted molar refractivity (Wildman–Crippen MR) is 117 cm³/mol. The van der Waals surface area contributed by atoms with E-state index in [1.807, 2.05) is 11.8 Å². The average Bonchev–Trinajstić information content (AvgIpc) is 2.75. The zero-order valence-electron chi connectivity index (χ0n) is 18.5. The Morgan fingerprint density at radius 2 is 1.81 bits per heavy atom. The Bertz CT molecular complexity index is 938. The van der Waals surface area contributed by atoms with Gasteiger partial charge in [0.25, 0.3) is 5.69 Å². The van der Waals surface area contributed by atoms with Crippen LogP contribution in [0.5, 0.6) is 0 Å². The molecule has 2 aromatic rings. The van der Waals surface area contributed by atoms with Gasteiger partial charge in [0.1, 0.15) is 18.2 Å². The number of hydrogen-bond donors (Lipinski definition) is 0. The minimum atomic E-state index is -0.397. The molecule has 9 nitrogen and oxygen atoms in total. The molecule has 0 saturated carbocycles. The second-order valence-electron chi connectivity index (χ2n) is 8.03. The highest BCUT2D eigenvalue weighted by Crippen LogP contribution is 2.27. The molecule has 1 aliphatic rings. The van der Waals surface area contributed by atoms with Crippen LogP contribution in [0.1, 0.15) is 42.4 Å². The fraction of sp³-hybridized carbons (Fsp3) is 0.500. The summed E-state index contributed by atoms with van der Waals surface area (Å²) in [5.41, 5.74) is 2.95. The second-order valence-corrected chi connectivity index (χ2v) is 8.03. The van der Waals surface area contributed by atoms with E-state index < -0.39 is 4.92 Å². The number of nitro benzene ring substituents is 1. The SMILES string of the molecule is COCC(=O)N1CCN(c2nc(C(C)C)nc(C)c2Cc2ccc([N+](=O)[O-])cc2)CC1. The molecule has 2 heterocycles. The Morgan fingerprint density at radius 3 is 2.35 bits per heavy atom. The number of hydrogen-bond acceptors (Lipinski definition) is 7. The fourth-order valence-corrected chi connectivity index (χ4v) is 3.65. The van der Waals surface area contributed by atoms with Crippen molar-refractivity contribution < 1.29 is 14.5 Å². The van der Waals surface area contributed by atoms with Crippen molar-refractivity contribution in [2.75, 3.05) is 44.8 Å². The Hall–Kier alpha value is -3.07. The van der Waals surface area contributed by atoms with Gasteiger partial charge >= 0.3 is 0 Å². The maximum absolute atomic E-state index is 12.1. The number of carbonyl (C=O) groups excluding carboxylic acids is 1. The lowest BCUT2D eigenvalue weighted by Crippen LogP contribution is -2.50. The highest BCUT2D eigenvalue weighted by molar-refractivity contribution is 5.77. The van der Waals surface area contributed by atoms with E-state index in [9.17, 15) is 14.9 Å². The van der Waals surface area contributed by atoms with E-state index in [2.05, 4.69) is 18.7 Å². The molecule has 3 rings (SSSR count). The van der Waals surface area contributed by atoms with Crippen LogP contribution >= 0.6 is 0 Å². The van der Waals surface area contributed by atoms with Gasteiger partial charge in [0.2, 0.25) is 5.91 Å². The standard InChI is InChI=1S/C22H29N5O4/c1-15(2)21-23-16(3)19(13-17-5-7-18(8-6-17)27(29)30)22(24-21)26-11-9-25(10-12-26)20(28)14-31-4/h5-8,15H,9-14H2,1-4H3. The topological polar surface area (TPSA) is 102 Å². The van der Waals surface area contributed by atoms with Crippen LogP contribution in [0.4, 0.5) is 11.5 Å². The van der Waals surface area contributed by atoms with Crippen molar-refractivity contribution in [1.82, 2.24) is 14.9 Å². The van der Waals surface area contributed by atoms with Crippen molar-refractivity contribution in [2.24, 2.45) is 0 Å². The van der Waals surface area contributed by atoms with Crippen molar-refractivity contribution in [3.8, 4) is 0 Å². The molecule has 0 N–H and O–H groups in total. The van der Waals surface area contributed by atoms with Gasteiger partial charge in [-0.3, -0.25) is 14.9 Å². The second kappa shape index (κ2) is 9.82. The maximum atomic E-state index is 12.1. The molecule has 0 atom stereocenters. The predicted octanol–water partition coefficient (Wildman–Crippen LogP) is 2.70. The van der Waals surface area contributed by atoms with E-state index in [-0.39, 0.29) is 24.1 Å². The number of aromatic nitrogens is 2. The lowest BCUT2D eigenvalue weighted by Gasteiger charge is -2.36. The number of piperazine rings is 1. The lowest BCUT2D eigenvalue weighted by molar-refractivity contribution is -0.384. The van der Waals surface area contributed by atoms with Gasteiger partial charge in [0.05, 0.1) is 4.92 Å². The number of ether oxygens (including phenoxy) is 1. The highest BCUT2D eigenvalue weighted by Gasteiger charge is 2.25. The molecule has 0 aliphatic carbocycles. The third-order valence-electron chi connectivity index (χ3n) is 5.45. The molecule has 0 bridgehead atoms. The zero-order valence-corrected chi connectivity index (χ0v) is 18.5. The molecule has 1 aromatic carbocycles. The van der Waals surface area contributed by atoms with E-state index in [0.717, 1.165) is 28.5 Å². The number of rotatable bonds is 7. The minimum Gasteiger partial charge on any atom is -0.375 e. The first-order valence-corrected chi connectivity index (χ1v) is 10.4. The summed E-state index contributed by atoms with van der Waals surface area (Å²) in [4.78, 5) is 36.3. The number of amides is 1. The Labute approximate surface area is 182 Å². The number of nitro groups is 1. The summed E-state index contributed by atoms with van der Waals surface area (Å²) >= 11 is 0. The van der Waals surface area contributed by atoms with Gasteiger partial charge in [-0.1, -0.05) is 26.0 Å². The Kier molecular flexibility index (Phi) is 7.17. The lowest BCUT2D eigenvalue weighted by atomic mass is 10.0. The Morgan fingerprint density at radius 1 is 1.16 bits per heavy atom. The fourth-order valence-electron chi connectivity index (χ4n) is 3.65. The number of nitrogens with zero attached hydrogens (tertiary/aromatic N) is 5. The first-order chi connectivity index (χ1) is 14.8. The average molecular weight is 428 g/mol. The number of aryl methyl sites for hydroxylation is 1. The van der Waals surface area contributed by atoms with Gasteiger partial charge in [-0.25, -0.2) is 9.97 Å². The molecule has 1 saturated heterocycles. The summed E-state index contributed by atoms with van der Waals surface area (Å²) in [6.07, 6.45) is 0.584. The van der Waals surface area contributed by atoms with Crippen LogP contribution in [0.3, 0.4) is 0 Å². The van der Waals surface area contributed by atoms with Crippen LogP contribution in [0.15, 0.2) is 24.3 Å². The number of benzene rings is 1. The van der Waals surface area contributed by atoms with Crippen molar-refractivity contribution in [1.29, 1.82) is 0 Å². The van der Waals surface area contributed by atoms with Crippen molar-refractivity contribution in [2.45, 2.75) is 33.1 Å². The van der Waals surface area contributed by atoms with Crippen LogP contribution < -0.4 is 4.90 Å². The van der Waals surface area contributed by atoms with E-state index in [4.69, 9.17) is 14.7 Å². The summed E-state index contributed by atoms with van der Waals surface area (Å²) in [7, 11) is 1.52. The smallest absolute Gasteiger partial charge is 0.269 e. The van der Waals surface area contributed by atoms with Crippen LogP contribution in [-0.2, 0) is 16.0 Å². The largest absolute Gasteiger partial charge is 0.375 e. The quantitative estimate of drug-likeness (QED) is 0.494. The van der Waals surface area contributed by atoms with E-state index in [1.54, 1.807) is 12.1 Å².